The Morgan fingerprint density at radius 2 is 1.90 bits per heavy atom. The van der Waals surface area contributed by atoms with Crippen molar-refractivity contribution in [2.24, 2.45) is 7.05 Å². The van der Waals surface area contributed by atoms with Crippen LogP contribution in [0.5, 0.6) is 0 Å². The smallest absolute Gasteiger partial charge is 0.0584 e. The Labute approximate surface area is 122 Å². The first kappa shape index (κ1) is 14.8. The first-order valence-electron chi connectivity index (χ1n) is 7.34. The van der Waals surface area contributed by atoms with E-state index in [1.54, 1.807) is 0 Å². The Bertz CT molecular complexity index is 528. The second-order valence-corrected chi connectivity index (χ2v) is 5.85. The SMILES string of the molecule is CCCNC(c1ccnn1C)C(C)(C)c1ccccc1. The lowest BCUT2D eigenvalue weighted by molar-refractivity contribution is 0.332. The number of benzene rings is 1. The highest BCUT2D eigenvalue weighted by atomic mass is 15.3. The Morgan fingerprint density at radius 3 is 2.45 bits per heavy atom. The molecule has 3 heteroatoms. The third-order valence-corrected chi connectivity index (χ3v) is 3.99. The van der Waals surface area contributed by atoms with Crippen molar-refractivity contribution in [2.45, 2.75) is 38.6 Å². The number of nitrogens with one attached hydrogen (secondary N) is 1. The van der Waals surface area contributed by atoms with E-state index in [0.717, 1.165) is 13.0 Å². The summed E-state index contributed by atoms with van der Waals surface area (Å²) >= 11 is 0. The van der Waals surface area contributed by atoms with Crippen LogP contribution < -0.4 is 5.32 Å². The molecule has 108 valence electrons. The van der Waals surface area contributed by atoms with E-state index in [1.807, 2.05) is 17.9 Å². The highest BCUT2D eigenvalue weighted by Crippen LogP contribution is 2.36. The van der Waals surface area contributed by atoms with Crippen molar-refractivity contribution >= 4 is 0 Å². The molecule has 0 radical (unpaired) electrons. The molecule has 0 aliphatic heterocycles. The van der Waals surface area contributed by atoms with Gasteiger partial charge in [0, 0.05) is 18.7 Å². The number of rotatable bonds is 6. The summed E-state index contributed by atoms with van der Waals surface area (Å²) in [5.41, 5.74) is 2.58. The van der Waals surface area contributed by atoms with Crippen LogP contribution in [0.15, 0.2) is 42.6 Å². The summed E-state index contributed by atoms with van der Waals surface area (Å²) in [5.74, 6) is 0. The monoisotopic (exact) mass is 271 g/mol. The summed E-state index contributed by atoms with van der Waals surface area (Å²) in [4.78, 5) is 0. The molecule has 0 fully saturated rings. The molecule has 3 nitrogen and oxygen atoms in total. The average molecular weight is 271 g/mol. The van der Waals surface area contributed by atoms with Crippen molar-refractivity contribution in [1.29, 1.82) is 0 Å². The lowest BCUT2D eigenvalue weighted by atomic mass is 9.76. The molecule has 0 amide bonds. The van der Waals surface area contributed by atoms with Gasteiger partial charge in [0.2, 0.25) is 0 Å². The van der Waals surface area contributed by atoms with Crippen LogP contribution in [-0.2, 0) is 12.5 Å². The average Bonchev–Trinajstić information content (AvgIpc) is 2.86. The van der Waals surface area contributed by atoms with Crippen LogP contribution in [0.4, 0.5) is 0 Å². The van der Waals surface area contributed by atoms with Crippen LogP contribution in [0.2, 0.25) is 0 Å². The van der Waals surface area contributed by atoms with Gasteiger partial charge in [-0.05, 0) is 24.6 Å². The summed E-state index contributed by atoms with van der Waals surface area (Å²) in [5, 5.41) is 8.02. The predicted molar refractivity (Wildman–Crippen MR) is 83.7 cm³/mol. The van der Waals surface area contributed by atoms with E-state index >= 15 is 0 Å². The van der Waals surface area contributed by atoms with E-state index in [0.29, 0.717) is 0 Å². The highest BCUT2D eigenvalue weighted by molar-refractivity contribution is 5.29. The van der Waals surface area contributed by atoms with Gasteiger partial charge in [-0.25, -0.2) is 0 Å². The highest BCUT2D eigenvalue weighted by Gasteiger charge is 2.33. The van der Waals surface area contributed by atoms with Gasteiger partial charge in [0.25, 0.3) is 0 Å². The molecule has 1 aromatic heterocycles. The number of nitrogens with zero attached hydrogens (tertiary/aromatic N) is 2. The maximum atomic E-state index is 4.33. The minimum Gasteiger partial charge on any atom is -0.308 e. The molecule has 1 N–H and O–H groups in total. The third kappa shape index (κ3) is 2.93. The van der Waals surface area contributed by atoms with E-state index in [1.165, 1.54) is 11.3 Å². The van der Waals surface area contributed by atoms with Gasteiger partial charge in [0.1, 0.15) is 0 Å². The van der Waals surface area contributed by atoms with Crippen LogP contribution in [0, 0.1) is 0 Å². The zero-order chi connectivity index (χ0) is 14.6. The first-order valence-corrected chi connectivity index (χ1v) is 7.34. The number of hydrogen-bond donors (Lipinski definition) is 1. The minimum atomic E-state index is 0.00419. The molecular formula is C17H25N3. The maximum absolute atomic E-state index is 4.33. The van der Waals surface area contributed by atoms with Gasteiger partial charge in [-0.2, -0.15) is 5.10 Å². The molecule has 0 bridgehead atoms. The second-order valence-electron chi connectivity index (χ2n) is 5.85. The van der Waals surface area contributed by atoms with E-state index in [-0.39, 0.29) is 11.5 Å². The second kappa shape index (κ2) is 6.23. The normalized spacial score (nSPS) is 13.4. The predicted octanol–water partition coefficient (Wildman–Crippen LogP) is 3.44. The number of aryl methyl sites for hydroxylation is 1. The topological polar surface area (TPSA) is 29.9 Å². The van der Waals surface area contributed by atoms with E-state index < -0.39 is 0 Å². The summed E-state index contributed by atoms with van der Waals surface area (Å²) < 4.78 is 1.97. The van der Waals surface area contributed by atoms with Crippen LogP contribution in [0.25, 0.3) is 0 Å². The molecule has 20 heavy (non-hydrogen) atoms. The fourth-order valence-corrected chi connectivity index (χ4v) is 2.72. The fraction of sp³-hybridized carbons (Fsp3) is 0.471. The van der Waals surface area contributed by atoms with E-state index in [2.05, 4.69) is 67.6 Å². The van der Waals surface area contributed by atoms with Crippen LogP contribution in [0.1, 0.15) is 44.5 Å². The van der Waals surface area contributed by atoms with Gasteiger partial charge in [0.15, 0.2) is 0 Å². The number of aromatic nitrogens is 2. The van der Waals surface area contributed by atoms with Crippen LogP contribution >= 0.6 is 0 Å². The van der Waals surface area contributed by atoms with Gasteiger partial charge in [-0.15, -0.1) is 0 Å². The third-order valence-electron chi connectivity index (χ3n) is 3.99. The van der Waals surface area contributed by atoms with Crippen LogP contribution in [-0.4, -0.2) is 16.3 Å². The summed E-state index contributed by atoms with van der Waals surface area (Å²) in [6.07, 6.45) is 3.00. The number of hydrogen-bond acceptors (Lipinski definition) is 2. The van der Waals surface area contributed by atoms with Crippen molar-refractivity contribution in [1.82, 2.24) is 15.1 Å². The zero-order valence-electron chi connectivity index (χ0n) is 12.9. The van der Waals surface area contributed by atoms with Crippen molar-refractivity contribution in [3.63, 3.8) is 0 Å². The summed E-state index contributed by atoms with van der Waals surface area (Å²) in [7, 11) is 2.01. The molecule has 0 saturated heterocycles. The van der Waals surface area contributed by atoms with Gasteiger partial charge in [0.05, 0.1) is 11.7 Å². The van der Waals surface area contributed by atoms with Gasteiger partial charge < -0.3 is 5.32 Å². The zero-order valence-corrected chi connectivity index (χ0v) is 12.9. The standard InChI is InChI=1S/C17H25N3/c1-5-12-18-16(15-11-13-19-20(15)4)17(2,3)14-9-7-6-8-10-14/h6-11,13,16,18H,5,12H2,1-4H3. The molecule has 1 heterocycles. The quantitative estimate of drug-likeness (QED) is 0.872. The maximum Gasteiger partial charge on any atom is 0.0584 e. The molecule has 1 atom stereocenters. The molecule has 1 unspecified atom stereocenters. The Kier molecular flexibility index (Phi) is 4.61. The summed E-state index contributed by atoms with van der Waals surface area (Å²) in [6, 6.07) is 13.1. The first-order chi connectivity index (χ1) is 9.57. The Balaban J connectivity index is 2.38. The molecule has 0 saturated carbocycles. The molecule has 0 spiro atoms. The van der Waals surface area contributed by atoms with Crippen molar-refractivity contribution in [2.75, 3.05) is 6.54 Å². The molecular weight excluding hydrogens is 246 g/mol. The Morgan fingerprint density at radius 1 is 1.20 bits per heavy atom. The fourth-order valence-electron chi connectivity index (χ4n) is 2.72. The largest absolute Gasteiger partial charge is 0.308 e. The van der Waals surface area contributed by atoms with E-state index in [9.17, 15) is 0 Å². The van der Waals surface area contributed by atoms with Crippen LogP contribution in [0.3, 0.4) is 0 Å². The minimum absolute atomic E-state index is 0.00419. The molecule has 2 rings (SSSR count). The Hall–Kier alpha value is -1.61. The van der Waals surface area contributed by atoms with Crippen molar-refractivity contribution < 1.29 is 0 Å². The summed E-state index contributed by atoms with van der Waals surface area (Å²) in [6.45, 7) is 7.79. The lowest BCUT2D eigenvalue weighted by Gasteiger charge is -2.36. The molecule has 1 aromatic carbocycles. The van der Waals surface area contributed by atoms with Gasteiger partial charge in [-0.1, -0.05) is 51.1 Å². The molecule has 2 aromatic rings. The molecule has 0 aliphatic carbocycles. The van der Waals surface area contributed by atoms with Gasteiger partial charge in [-0.3, -0.25) is 4.68 Å². The van der Waals surface area contributed by atoms with Crippen molar-refractivity contribution in [3.05, 3.63) is 53.9 Å². The lowest BCUT2D eigenvalue weighted by Crippen LogP contribution is -2.39. The van der Waals surface area contributed by atoms with Gasteiger partial charge >= 0.3 is 0 Å². The van der Waals surface area contributed by atoms with E-state index in [4.69, 9.17) is 0 Å². The molecule has 0 aliphatic rings. The van der Waals surface area contributed by atoms with Crippen molar-refractivity contribution in [3.8, 4) is 0 Å².